The van der Waals surface area contributed by atoms with Crippen molar-refractivity contribution < 1.29 is 0 Å². The molecule has 1 heterocycles. The van der Waals surface area contributed by atoms with Crippen LogP contribution in [0.5, 0.6) is 0 Å². The zero-order valence-electron chi connectivity index (χ0n) is 11.1. The second kappa shape index (κ2) is 5.05. The molecule has 0 fully saturated rings. The predicted octanol–water partition coefficient (Wildman–Crippen LogP) is 5.41. The van der Waals surface area contributed by atoms with Crippen LogP contribution in [0, 0.1) is 6.92 Å². The van der Waals surface area contributed by atoms with Crippen LogP contribution in [-0.2, 0) is 6.42 Å². The fourth-order valence-corrected chi connectivity index (χ4v) is 3.40. The number of benzene rings is 1. The Kier molecular flexibility index (Phi) is 3.68. The monoisotopic (exact) mass is 244 g/mol. The van der Waals surface area contributed by atoms with Gasteiger partial charge in [0.25, 0.3) is 0 Å². The van der Waals surface area contributed by atoms with Crippen LogP contribution in [0.15, 0.2) is 30.3 Å². The van der Waals surface area contributed by atoms with Crippen molar-refractivity contribution >= 4 is 11.3 Å². The van der Waals surface area contributed by atoms with Gasteiger partial charge in [-0.15, -0.1) is 11.3 Å². The molecule has 0 saturated carbocycles. The highest BCUT2D eigenvalue weighted by molar-refractivity contribution is 7.15. The summed E-state index contributed by atoms with van der Waals surface area (Å²) in [5.41, 5.74) is 4.21. The molecule has 0 amide bonds. The molecule has 0 unspecified atom stereocenters. The summed E-state index contributed by atoms with van der Waals surface area (Å²) in [5.74, 6) is 0.625. The SMILES string of the molecule is CCc1sc(-c2cccc(C)c2)cc1C(C)C. The Morgan fingerprint density at radius 2 is 1.94 bits per heavy atom. The highest BCUT2D eigenvalue weighted by Crippen LogP contribution is 2.35. The number of thiophene rings is 1. The van der Waals surface area contributed by atoms with Crippen molar-refractivity contribution in [3.8, 4) is 10.4 Å². The van der Waals surface area contributed by atoms with Gasteiger partial charge in [-0.1, -0.05) is 50.6 Å². The zero-order valence-corrected chi connectivity index (χ0v) is 11.9. The molecule has 1 heteroatoms. The lowest BCUT2D eigenvalue weighted by molar-refractivity contribution is 0.855. The fraction of sp³-hybridized carbons (Fsp3) is 0.375. The molecule has 0 aliphatic carbocycles. The van der Waals surface area contributed by atoms with Crippen molar-refractivity contribution in [2.75, 3.05) is 0 Å². The molecule has 0 bridgehead atoms. The molecular weight excluding hydrogens is 224 g/mol. The number of aryl methyl sites for hydroxylation is 2. The summed E-state index contributed by atoms with van der Waals surface area (Å²) in [6, 6.07) is 11.2. The molecule has 0 saturated heterocycles. The third-order valence-electron chi connectivity index (χ3n) is 3.09. The third kappa shape index (κ3) is 2.61. The van der Waals surface area contributed by atoms with E-state index in [4.69, 9.17) is 0 Å². The van der Waals surface area contributed by atoms with Gasteiger partial charge < -0.3 is 0 Å². The Hall–Kier alpha value is -1.08. The van der Waals surface area contributed by atoms with Crippen molar-refractivity contribution in [2.45, 2.75) is 40.0 Å². The molecule has 0 aliphatic rings. The Morgan fingerprint density at radius 3 is 2.47 bits per heavy atom. The summed E-state index contributed by atoms with van der Waals surface area (Å²) >= 11 is 1.95. The molecule has 0 N–H and O–H groups in total. The van der Waals surface area contributed by atoms with Crippen LogP contribution in [-0.4, -0.2) is 0 Å². The lowest BCUT2D eigenvalue weighted by Crippen LogP contribution is -1.87. The second-order valence-electron chi connectivity index (χ2n) is 4.87. The third-order valence-corrected chi connectivity index (χ3v) is 4.43. The maximum atomic E-state index is 2.38. The van der Waals surface area contributed by atoms with Gasteiger partial charge in [0.1, 0.15) is 0 Å². The molecular formula is C16H20S. The quantitative estimate of drug-likeness (QED) is 0.677. The van der Waals surface area contributed by atoms with Gasteiger partial charge in [-0.05, 0) is 36.5 Å². The van der Waals surface area contributed by atoms with Gasteiger partial charge in [-0.2, -0.15) is 0 Å². The molecule has 0 aliphatic heterocycles. The zero-order chi connectivity index (χ0) is 12.4. The predicted molar refractivity (Wildman–Crippen MR) is 78.0 cm³/mol. The van der Waals surface area contributed by atoms with Crippen LogP contribution in [0.2, 0.25) is 0 Å². The van der Waals surface area contributed by atoms with Crippen LogP contribution in [0.25, 0.3) is 10.4 Å². The fourth-order valence-electron chi connectivity index (χ4n) is 2.15. The summed E-state index contributed by atoms with van der Waals surface area (Å²) in [5, 5.41) is 0. The van der Waals surface area contributed by atoms with Gasteiger partial charge in [0.2, 0.25) is 0 Å². The van der Waals surface area contributed by atoms with Gasteiger partial charge >= 0.3 is 0 Å². The van der Waals surface area contributed by atoms with Gasteiger partial charge in [-0.3, -0.25) is 0 Å². The van der Waals surface area contributed by atoms with Gasteiger partial charge in [0, 0.05) is 9.75 Å². The minimum absolute atomic E-state index is 0.625. The smallest absolute Gasteiger partial charge is 0.0348 e. The Labute approximate surface area is 108 Å². The van der Waals surface area contributed by atoms with Crippen LogP contribution in [0.4, 0.5) is 0 Å². The topological polar surface area (TPSA) is 0 Å². The van der Waals surface area contributed by atoms with E-state index in [-0.39, 0.29) is 0 Å². The minimum Gasteiger partial charge on any atom is -0.140 e. The van der Waals surface area contributed by atoms with Crippen LogP contribution < -0.4 is 0 Å². The normalized spacial score (nSPS) is 11.1. The number of hydrogen-bond donors (Lipinski definition) is 0. The minimum atomic E-state index is 0.625. The molecule has 0 radical (unpaired) electrons. The van der Waals surface area contributed by atoms with Gasteiger partial charge in [0.15, 0.2) is 0 Å². The Bertz CT molecular complexity index is 506. The highest BCUT2D eigenvalue weighted by atomic mass is 32.1. The first-order valence-electron chi connectivity index (χ1n) is 6.31. The maximum Gasteiger partial charge on any atom is 0.0348 e. The average Bonchev–Trinajstić information content (AvgIpc) is 2.73. The van der Waals surface area contributed by atoms with Crippen molar-refractivity contribution in [3.05, 3.63) is 46.3 Å². The highest BCUT2D eigenvalue weighted by Gasteiger charge is 2.11. The van der Waals surface area contributed by atoms with Crippen molar-refractivity contribution in [1.82, 2.24) is 0 Å². The van der Waals surface area contributed by atoms with E-state index in [1.807, 2.05) is 11.3 Å². The lowest BCUT2D eigenvalue weighted by atomic mass is 10.0. The standard InChI is InChI=1S/C16H20S/c1-5-15-14(11(2)3)10-16(17-15)13-8-6-7-12(4)9-13/h6-11H,5H2,1-4H3. The van der Waals surface area contributed by atoms with E-state index >= 15 is 0 Å². The molecule has 90 valence electrons. The Morgan fingerprint density at radius 1 is 1.18 bits per heavy atom. The molecule has 17 heavy (non-hydrogen) atoms. The summed E-state index contributed by atoms with van der Waals surface area (Å²) < 4.78 is 0. The van der Waals surface area contributed by atoms with E-state index in [0.29, 0.717) is 5.92 Å². The first kappa shape index (κ1) is 12.4. The van der Waals surface area contributed by atoms with Crippen molar-refractivity contribution in [3.63, 3.8) is 0 Å². The first-order chi connectivity index (χ1) is 8.11. The van der Waals surface area contributed by atoms with Crippen LogP contribution >= 0.6 is 11.3 Å². The van der Waals surface area contributed by atoms with E-state index < -0.39 is 0 Å². The average molecular weight is 244 g/mol. The van der Waals surface area contributed by atoms with E-state index in [1.165, 1.54) is 26.4 Å². The largest absolute Gasteiger partial charge is 0.140 e. The van der Waals surface area contributed by atoms with Gasteiger partial charge in [-0.25, -0.2) is 0 Å². The van der Waals surface area contributed by atoms with Crippen molar-refractivity contribution in [1.29, 1.82) is 0 Å². The maximum absolute atomic E-state index is 2.38. The summed E-state index contributed by atoms with van der Waals surface area (Å²) in [4.78, 5) is 2.95. The number of rotatable bonds is 3. The summed E-state index contributed by atoms with van der Waals surface area (Å²) in [6.07, 6.45) is 1.14. The van der Waals surface area contributed by atoms with Gasteiger partial charge in [0.05, 0.1) is 0 Å². The van der Waals surface area contributed by atoms with E-state index in [0.717, 1.165) is 6.42 Å². The first-order valence-corrected chi connectivity index (χ1v) is 7.13. The lowest BCUT2D eigenvalue weighted by Gasteiger charge is -2.03. The molecule has 2 rings (SSSR count). The van der Waals surface area contributed by atoms with Crippen LogP contribution in [0.1, 0.15) is 42.7 Å². The molecule has 1 aromatic heterocycles. The molecule has 0 nitrogen and oxygen atoms in total. The molecule has 0 atom stereocenters. The van der Waals surface area contributed by atoms with E-state index in [2.05, 4.69) is 58.0 Å². The second-order valence-corrected chi connectivity index (χ2v) is 6.00. The molecule has 1 aromatic carbocycles. The van der Waals surface area contributed by atoms with E-state index in [1.54, 1.807) is 0 Å². The summed E-state index contributed by atoms with van der Waals surface area (Å²) in [7, 11) is 0. The van der Waals surface area contributed by atoms with E-state index in [9.17, 15) is 0 Å². The van der Waals surface area contributed by atoms with Crippen LogP contribution in [0.3, 0.4) is 0 Å². The summed E-state index contributed by atoms with van der Waals surface area (Å²) in [6.45, 7) is 8.96. The molecule has 2 aromatic rings. The van der Waals surface area contributed by atoms with Crippen molar-refractivity contribution in [2.24, 2.45) is 0 Å². The number of hydrogen-bond acceptors (Lipinski definition) is 1. The Balaban J connectivity index is 2.46. The molecule has 0 spiro atoms.